The predicted molar refractivity (Wildman–Crippen MR) is 80.7 cm³/mol. The Morgan fingerprint density at radius 3 is 2.63 bits per heavy atom. The molecule has 1 atom stereocenters. The van der Waals surface area contributed by atoms with Gasteiger partial charge >= 0.3 is 0 Å². The van der Waals surface area contributed by atoms with E-state index in [2.05, 4.69) is 5.92 Å². The summed E-state index contributed by atoms with van der Waals surface area (Å²) in [7, 11) is 5.96. The molecule has 1 aromatic rings. The maximum Gasteiger partial charge on any atom is 0.130 e. The second-order valence-corrected chi connectivity index (χ2v) is 6.57. The molecule has 0 bridgehead atoms. The minimum absolute atomic E-state index is 0.419. The summed E-state index contributed by atoms with van der Waals surface area (Å²) in [5.41, 5.74) is 1.56. The molecular weight excluding hydrogens is 256 g/mol. The number of aldehydes is 1. The van der Waals surface area contributed by atoms with E-state index in [4.69, 9.17) is 6.42 Å². The van der Waals surface area contributed by atoms with Crippen molar-refractivity contribution in [3.05, 3.63) is 16.0 Å². The van der Waals surface area contributed by atoms with E-state index in [1.54, 1.807) is 11.3 Å². The lowest BCUT2D eigenvalue weighted by atomic mass is 9.74. The Balaban J connectivity index is 2.64. The van der Waals surface area contributed by atoms with Crippen molar-refractivity contribution in [3.8, 4) is 12.3 Å². The summed E-state index contributed by atoms with van der Waals surface area (Å²) in [6.45, 7) is 2.00. The zero-order valence-electron chi connectivity index (χ0n) is 12.0. The molecule has 19 heavy (non-hydrogen) atoms. The van der Waals surface area contributed by atoms with Crippen molar-refractivity contribution in [2.45, 2.75) is 31.6 Å². The Kier molecular flexibility index (Phi) is 3.71. The topological polar surface area (TPSA) is 23.6 Å². The smallest absolute Gasteiger partial charge is 0.130 e. The fourth-order valence-corrected chi connectivity index (χ4v) is 4.12. The van der Waals surface area contributed by atoms with Crippen molar-refractivity contribution in [1.82, 2.24) is 5.01 Å². The Morgan fingerprint density at radius 1 is 1.42 bits per heavy atom. The third-order valence-electron chi connectivity index (χ3n) is 3.93. The standard InChI is InChI=1S/C15H20N2OS/c1-6-11-13-12(8-7-9-15(13,2)10-18)19-14(11)17(5)16(3)4/h1,10H,7-9H2,2-5H3/t15-/m1/s1. The molecule has 3 nitrogen and oxygen atoms in total. The molecule has 0 saturated heterocycles. The highest BCUT2D eigenvalue weighted by Gasteiger charge is 2.37. The summed E-state index contributed by atoms with van der Waals surface area (Å²) in [4.78, 5) is 12.8. The van der Waals surface area contributed by atoms with Crippen molar-refractivity contribution in [3.63, 3.8) is 0 Å². The second kappa shape index (κ2) is 4.99. The number of carbonyl (C=O) groups is 1. The third kappa shape index (κ3) is 2.18. The van der Waals surface area contributed by atoms with Crippen LogP contribution in [0.5, 0.6) is 0 Å². The van der Waals surface area contributed by atoms with Crippen LogP contribution in [-0.4, -0.2) is 32.4 Å². The van der Waals surface area contributed by atoms with Crippen LogP contribution >= 0.6 is 11.3 Å². The molecule has 0 aliphatic heterocycles. The zero-order valence-corrected chi connectivity index (χ0v) is 12.8. The van der Waals surface area contributed by atoms with Gasteiger partial charge in [0.05, 0.1) is 11.0 Å². The van der Waals surface area contributed by atoms with Crippen LogP contribution < -0.4 is 5.01 Å². The molecule has 0 unspecified atom stereocenters. The minimum atomic E-state index is -0.419. The number of fused-ring (bicyclic) bond motifs is 1. The molecule has 1 heterocycles. The predicted octanol–water partition coefficient (Wildman–Crippen LogP) is 2.44. The van der Waals surface area contributed by atoms with Crippen LogP contribution in [0.15, 0.2) is 0 Å². The summed E-state index contributed by atoms with van der Waals surface area (Å²) < 4.78 is 0. The lowest BCUT2D eigenvalue weighted by Gasteiger charge is -2.29. The molecule has 1 aromatic heterocycles. The van der Waals surface area contributed by atoms with E-state index in [9.17, 15) is 4.79 Å². The highest BCUT2D eigenvalue weighted by atomic mass is 32.1. The van der Waals surface area contributed by atoms with E-state index in [0.717, 1.165) is 41.7 Å². The summed E-state index contributed by atoms with van der Waals surface area (Å²) in [5.74, 6) is 2.81. The van der Waals surface area contributed by atoms with Gasteiger partial charge in [0.15, 0.2) is 0 Å². The van der Waals surface area contributed by atoms with Crippen LogP contribution in [0.2, 0.25) is 0 Å². The van der Waals surface area contributed by atoms with Gasteiger partial charge in [0.1, 0.15) is 11.3 Å². The lowest BCUT2D eigenvalue weighted by molar-refractivity contribution is -0.112. The first-order valence-corrected chi connectivity index (χ1v) is 7.26. The molecule has 1 aliphatic rings. The summed E-state index contributed by atoms with van der Waals surface area (Å²) in [6, 6.07) is 0. The molecule has 0 fully saturated rings. The van der Waals surface area contributed by atoms with Gasteiger partial charge in [-0.1, -0.05) is 5.92 Å². The number of terminal acetylenes is 1. The maximum absolute atomic E-state index is 11.5. The maximum atomic E-state index is 11.5. The molecule has 0 saturated carbocycles. The van der Waals surface area contributed by atoms with E-state index in [-0.39, 0.29) is 0 Å². The highest BCUT2D eigenvalue weighted by molar-refractivity contribution is 7.16. The fraction of sp³-hybridized carbons (Fsp3) is 0.533. The largest absolute Gasteiger partial charge is 0.302 e. The van der Waals surface area contributed by atoms with Crippen LogP contribution in [0.25, 0.3) is 0 Å². The average molecular weight is 276 g/mol. The molecule has 102 valence electrons. The van der Waals surface area contributed by atoms with E-state index < -0.39 is 5.41 Å². The van der Waals surface area contributed by atoms with Gasteiger partial charge in [-0.25, -0.2) is 5.01 Å². The van der Waals surface area contributed by atoms with E-state index >= 15 is 0 Å². The van der Waals surface area contributed by atoms with Crippen LogP contribution in [0, 0.1) is 12.3 Å². The van der Waals surface area contributed by atoms with Gasteiger partial charge < -0.3 is 4.79 Å². The number of rotatable bonds is 3. The Bertz CT molecular complexity index is 541. The molecule has 0 amide bonds. The summed E-state index contributed by atoms with van der Waals surface area (Å²) >= 11 is 1.72. The van der Waals surface area contributed by atoms with Gasteiger partial charge in [0.25, 0.3) is 0 Å². The van der Waals surface area contributed by atoms with E-state index in [0.29, 0.717) is 0 Å². The molecule has 0 aromatic carbocycles. The summed E-state index contributed by atoms with van der Waals surface area (Å²) in [6.07, 6.45) is 9.77. The molecule has 0 N–H and O–H groups in total. The monoisotopic (exact) mass is 276 g/mol. The second-order valence-electron chi connectivity index (χ2n) is 5.48. The number of anilines is 1. The number of aryl methyl sites for hydroxylation is 1. The first-order chi connectivity index (χ1) is 8.94. The van der Waals surface area contributed by atoms with E-state index in [1.807, 2.05) is 38.1 Å². The molecule has 2 rings (SSSR count). The van der Waals surface area contributed by atoms with Gasteiger partial charge in [-0.15, -0.1) is 17.8 Å². The van der Waals surface area contributed by atoms with Crippen LogP contribution in [0.1, 0.15) is 35.8 Å². The number of hydrogen-bond donors (Lipinski definition) is 0. The van der Waals surface area contributed by atoms with Crippen molar-refractivity contribution in [2.75, 3.05) is 26.2 Å². The fourth-order valence-electron chi connectivity index (χ4n) is 2.65. The lowest BCUT2D eigenvalue weighted by Crippen LogP contribution is -2.33. The number of carbonyl (C=O) groups excluding carboxylic acids is 1. The molecule has 0 spiro atoms. The molecule has 4 heteroatoms. The van der Waals surface area contributed by atoms with Gasteiger partial charge in [0, 0.05) is 26.0 Å². The SMILES string of the molecule is C#Cc1c(N(C)N(C)C)sc2c1[C@@](C)(C=O)CCC2. The highest BCUT2D eigenvalue weighted by Crippen LogP contribution is 2.46. The first kappa shape index (κ1) is 14.1. The van der Waals surface area contributed by atoms with Gasteiger partial charge in [-0.05, 0) is 31.7 Å². The third-order valence-corrected chi connectivity index (χ3v) is 5.25. The average Bonchev–Trinajstić information content (AvgIpc) is 2.77. The normalized spacial score (nSPS) is 21.9. The van der Waals surface area contributed by atoms with Gasteiger partial charge in [-0.3, -0.25) is 5.01 Å². The van der Waals surface area contributed by atoms with Gasteiger partial charge in [0.2, 0.25) is 0 Å². The molecule has 0 radical (unpaired) electrons. The number of hydrogen-bond acceptors (Lipinski definition) is 4. The van der Waals surface area contributed by atoms with Gasteiger partial charge in [-0.2, -0.15) is 0 Å². The molecular formula is C15H20N2OS. The van der Waals surface area contributed by atoms with Crippen molar-refractivity contribution >= 4 is 22.6 Å². The minimum Gasteiger partial charge on any atom is -0.302 e. The zero-order chi connectivity index (χ0) is 14.2. The van der Waals surface area contributed by atoms with Crippen LogP contribution in [0.3, 0.4) is 0 Å². The van der Waals surface area contributed by atoms with Crippen molar-refractivity contribution < 1.29 is 4.79 Å². The number of nitrogens with zero attached hydrogens (tertiary/aromatic N) is 2. The quantitative estimate of drug-likeness (QED) is 0.481. The number of thiophene rings is 1. The van der Waals surface area contributed by atoms with Crippen LogP contribution in [-0.2, 0) is 16.6 Å². The van der Waals surface area contributed by atoms with Crippen LogP contribution in [0.4, 0.5) is 5.00 Å². The first-order valence-electron chi connectivity index (χ1n) is 6.44. The Labute approximate surface area is 119 Å². The van der Waals surface area contributed by atoms with Crippen molar-refractivity contribution in [2.24, 2.45) is 0 Å². The molecule has 1 aliphatic carbocycles. The Morgan fingerprint density at radius 2 is 2.11 bits per heavy atom. The van der Waals surface area contributed by atoms with E-state index in [1.165, 1.54) is 4.88 Å². The Hall–Kier alpha value is -1.31. The summed E-state index contributed by atoms with van der Waals surface area (Å²) in [5, 5.41) is 5.10. The van der Waals surface area contributed by atoms with Crippen molar-refractivity contribution in [1.29, 1.82) is 0 Å². The number of hydrazine groups is 1.